The number of hydrogen-bond acceptors (Lipinski definition) is 7. The molecule has 0 saturated carbocycles. The number of aromatic hydroxyl groups is 2. The summed E-state index contributed by atoms with van der Waals surface area (Å²) in [6, 6.07) is 4.60. The van der Waals surface area contributed by atoms with E-state index in [9.17, 15) is 10.2 Å². The fraction of sp³-hybridized carbons (Fsp3) is 0.333. The fourth-order valence-corrected chi connectivity index (χ4v) is 1.64. The molecule has 0 aromatic heterocycles. The lowest BCUT2D eigenvalue weighted by Crippen LogP contribution is -2.42. The van der Waals surface area contributed by atoms with Crippen LogP contribution in [0.5, 0.6) is 11.5 Å². The molecular formula is C12H17N5O2. The highest BCUT2D eigenvalue weighted by molar-refractivity contribution is 6.07. The van der Waals surface area contributed by atoms with Gasteiger partial charge in [0.05, 0.1) is 0 Å². The first-order chi connectivity index (χ1) is 9.11. The highest BCUT2D eigenvalue weighted by Gasteiger charge is 2.16. The van der Waals surface area contributed by atoms with Crippen LogP contribution < -0.4 is 10.9 Å². The van der Waals surface area contributed by atoms with Crippen LogP contribution in [0.1, 0.15) is 12.5 Å². The van der Waals surface area contributed by atoms with Gasteiger partial charge in [0, 0.05) is 19.2 Å². The van der Waals surface area contributed by atoms with Crippen molar-refractivity contribution in [1.29, 1.82) is 0 Å². The minimum absolute atomic E-state index is 0.150. The van der Waals surface area contributed by atoms with Crippen LogP contribution in [0, 0.1) is 0 Å². The van der Waals surface area contributed by atoms with Crippen molar-refractivity contribution >= 4 is 11.8 Å². The van der Waals surface area contributed by atoms with Gasteiger partial charge in [0.15, 0.2) is 11.5 Å². The minimum atomic E-state index is -0.169. The smallest absolute Gasteiger partial charge is 0.236 e. The maximum Gasteiger partial charge on any atom is 0.236 e. The molecule has 4 N–H and O–H groups in total. The Kier molecular flexibility index (Phi) is 3.86. The summed E-state index contributed by atoms with van der Waals surface area (Å²) in [5.41, 5.74) is 6.53. The summed E-state index contributed by atoms with van der Waals surface area (Å²) in [4.78, 5) is 10.5. The molecule has 0 aliphatic carbocycles. The van der Waals surface area contributed by atoms with Crippen LogP contribution in [0.25, 0.3) is 0 Å². The standard InChI is InChI=1S/C12H17N5O2/c1-3-14-16-12-13-7-17(2)11(15-12)8-4-5-9(18)10(19)6-8/h4-6,14,18-19H,3,7H2,1-2H3,(H,13,16). The van der Waals surface area contributed by atoms with E-state index in [0.29, 0.717) is 24.0 Å². The van der Waals surface area contributed by atoms with Gasteiger partial charge in [0.25, 0.3) is 0 Å². The second kappa shape index (κ2) is 5.57. The molecule has 0 bridgehead atoms. The number of benzene rings is 1. The number of aliphatic imine (C=N–C) groups is 2. The average Bonchev–Trinajstić information content (AvgIpc) is 2.41. The molecule has 0 amide bonds. The summed E-state index contributed by atoms with van der Waals surface area (Å²) in [5, 5.41) is 18.9. The number of rotatable bonds is 3. The van der Waals surface area contributed by atoms with E-state index >= 15 is 0 Å². The number of phenolic OH excluding ortho intramolecular Hbond substituents is 2. The van der Waals surface area contributed by atoms with Gasteiger partial charge in [-0.15, -0.1) is 0 Å². The Bertz CT molecular complexity index is 527. The highest BCUT2D eigenvalue weighted by atomic mass is 16.3. The molecule has 0 fully saturated rings. The van der Waals surface area contributed by atoms with E-state index in [2.05, 4.69) is 20.8 Å². The second-order valence-electron chi connectivity index (χ2n) is 4.12. The first-order valence-corrected chi connectivity index (χ1v) is 5.97. The van der Waals surface area contributed by atoms with Crippen LogP contribution in [0.2, 0.25) is 0 Å². The highest BCUT2D eigenvalue weighted by Crippen LogP contribution is 2.25. The van der Waals surface area contributed by atoms with E-state index in [4.69, 9.17) is 0 Å². The first-order valence-electron chi connectivity index (χ1n) is 5.97. The summed E-state index contributed by atoms with van der Waals surface area (Å²) >= 11 is 0. The van der Waals surface area contributed by atoms with Gasteiger partial charge in [0.1, 0.15) is 12.5 Å². The van der Waals surface area contributed by atoms with Gasteiger partial charge in [-0.05, 0) is 18.2 Å². The van der Waals surface area contributed by atoms with Crippen molar-refractivity contribution in [2.45, 2.75) is 6.92 Å². The SMILES string of the molecule is CCNNC1=NCN(C)C(c2ccc(O)c(O)c2)=N1. The van der Waals surface area contributed by atoms with Crippen LogP contribution in [0.4, 0.5) is 0 Å². The number of nitrogens with one attached hydrogen (secondary N) is 2. The first kappa shape index (κ1) is 13.2. The Balaban J connectivity index is 2.27. The third-order valence-electron chi connectivity index (χ3n) is 2.62. The van der Waals surface area contributed by atoms with Crippen LogP contribution in [0.3, 0.4) is 0 Å². The van der Waals surface area contributed by atoms with Crippen molar-refractivity contribution in [3.63, 3.8) is 0 Å². The van der Waals surface area contributed by atoms with E-state index in [-0.39, 0.29) is 11.5 Å². The van der Waals surface area contributed by atoms with Crippen molar-refractivity contribution in [3.05, 3.63) is 23.8 Å². The third-order valence-corrected chi connectivity index (χ3v) is 2.62. The monoisotopic (exact) mass is 263 g/mol. The molecule has 0 radical (unpaired) electrons. The molecule has 0 saturated heterocycles. The fourth-order valence-electron chi connectivity index (χ4n) is 1.64. The number of nitrogens with zero attached hydrogens (tertiary/aromatic N) is 3. The van der Waals surface area contributed by atoms with Crippen molar-refractivity contribution in [1.82, 2.24) is 15.8 Å². The van der Waals surface area contributed by atoms with Gasteiger partial charge in [-0.25, -0.2) is 10.4 Å². The lowest BCUT2D eigenvalue weighted by atomic mass is 10.1. The summed E-state index contributed by atoms with van der Waals surface area (Å²) in [7, 11) is 1.86. The van der Waals surface area contributed by atoms with Gasteiger partial charge in [-0.1, -0.05) is 6.92 Å². The average molecular weight is 263 g/mol. The Hall–Kier alpha value is -2.28. The predicted molar refractivity (Wildman–Crippen MR) is 73.2 cm³/mol. The lowest BCUT2D eigenvalue weighted by Gasteiger charge is -2.24. The molecule has 1 heterocycles. The molecule has 19 heavy (non-hydrogen) atoms. The quantitative estimate of drug-likeness (QED) is 0.462. The minimum Gasteiger partial charge on any atom is -0.504 e. The predicted octanol–water partition coefficient (Wildman–Crippen LogP) is 0.217. The maximum absolute atomic E-state index is 9.54. The molecule has 7 heteroatoms. The maximum atomic E-state index is 9.54. The van der Waals surface area contributed by atoms with Crippen LogP contribution in [0.15, 0.2) is 28.2 Å². The zero-order valence-electron chi connectivity index (χ0n) is 10.9. The Morgan fingerprint density at radius 1 is 1.32 bits per heavy atom. The van der Waals surface area contributed by atoms with Crippen molar-refractivity contribution < 1.29 is 10.2 Å². The Labute approximate surface area is 111 Å². The van der Waals surface area contributed by atoms with E-state index in [1.54, 1.807) is 6.07 Å². The second-order valence-corrected chi connectivity index (χ2v) is 4.12. The molecular weight excluding hydrogens is 246 g/mol. The van der Waals surface area contributed by atoms with Gasteiger partial charge in [0.2, 0.25) is 5.96 Å². The van der Waals surface area contributed by atoms with Gasteiger partial charge < -0.3 is 15.1 Å². The molecule has 1 aliphatic heterocycles. The lowest BCUT2D eigenvalue weighted by molar-refractivity contribution is 0.403. The van der Waals surface area contributed by atoms with Crippen molar-refractivity contribution in [2.24, 2.45) is 9.98 Å². The largest absolute Gasteiger partial charge is 0.504 e. The van der Waals surface area contributed by atoms with E-state index in [1.807, 2.05) is 18.9 Å². The molecule has 0 spiro atoms. The van der Waals surface area contributed by atoms with Gasteiger partial charge in [-0.3, -0.25) is 5.43 Å². The summed E-state index contributed by atoms with van der Waals surface area (Å²) < 4.78 is 0. The Morgan fingerprint density at radius 2 is 2.11 bits per heavy atom. The van der Waals surface area contributed by atoms with Crippen molar-refractivity contribution in [2.75, 3.05) is 20.3 Å². The zero-order chi connectivity index (χ0) is 13.8. The molecule has 2 rings (SSSR count). The van der Waals surface area contributed by atoms with Gasteiger partial charge >= 0.3 is 0 Å². The molecule has 7 nitrogen and oxygen atoms in total. The Morgan fingerprint density at radius 3 is 2.79 bits per heavy atom. The molecule has 1 aliphatic rings. The molecule has 1 aromatic carbocycles. The summed E-state index contributed by atoms with van der Waals surface area (Å²) in [5.74, 6) is 0.841. The van der Waals surface area contributed by atoms with Gasteiger partial charge in [-0.2, -0.15) is 4.99 Å². The van der Waals surface area contributed by atoms with E-state index in [1.165, 1.54) is 12.1 Å². The van der Waals surface area contributed by atoms with Crippen LogP contribution in [-0.4, -0.2) is 47.2 Å². The summed E-state index contributed by atoms with van der Waals surface area (Å²) in [6.07, 6.45) is 0. The molecule has 0 atom stereocenters. The molecule has 102 valence electrons. The van der Waals surface area contributed by atoms with Crippen molar-refractivity contribution in [3.8, 4) is 11.5 Å². The number of guanidine groups is 1. The summed E-state index contributed by atoms with van der Waals surface area (Å²) in [6.45, 7) is 3.18. The van der Waals surface area contributed by atoms with Crippen LogP contribution in [-0.2, 0) is 0 Å². The van der Waals surface area contributed by atoms with Crippen LogP contribution >= 0.6 is 0 Å². The topological polar surface area (TPSA) is 92.5 Å². The molecule has 1 aromatic rings. The molecule has 0 unspecified atom stereocenters. The van der Waals surface area contributed by atoms with E-state index in [0.717, 1.165) is 6.54 Å². The number of phenols is 2. The zero-order valence-corrected chi connectivity index (χ0v) is 10.9. The third kappa shape index (κ3) is 2.94. The number of amidine groups is 1. The number of hydrazine groups is 1. The van der Waals surface area contributed by atoms with E-state index < -0.39 is 0 Å². The number of hydrogen-bond donors (Lipinski definition) is 4. The normalized spacial score (nSPS) is 14.9.